The number of ether oxygens (including phenoxy) is 2. The minimum Gasteiger partial charge on any atom is -0.496 e. The quantitative estimate of drug-likeness (QED) is 0.888. The van der Waals surface area contributed by atoms with Gasteiger partial charge in [-0.05, 0) is 19.9 Å². The van der Waals surface area contributed by atoms with Crippen LogP contribution in [0.15, 0.2) is 24.3 Å². The summed E-state index contributed by atoms with van der Waals surface area (Å²) < 4.78 is 10.7. The van der Waals surface area contributed by atoms with Gasteiger partial charge in [0.15, 0.2) is 0 Å². The van der Waals surface area contributed by atoms with Gasteiger partial charge >= 0.3 is 5.97 Å². The number of para-hydroxylation sites is 1. The zero-order valence-electron chi connectivity index (χ0n) is 10.9. The van der Waals surface area contributed by atoms with Gasteiger partial charge in [-0.2, -0.15) is 0 Å². The van der Waals surface area contributed by atoms with Gasteiger partial charge in [-0.1, -0.05) is 18.2 Å². The molecule has 4 heteroatoms. The number of hydrogen-bond acceptors (Lipinski definition) is 3. The number of carboxylic acid groups (broad SMARTS) is 1. The molecule has 1 N–H and O–H groups in total. The average Bonchev–Trinajstić information content (AvgIpc) is 2.27. The second-order valence-electron chi connectivity index (χ2n) is 5.21. The first kappa shape index (κ1) is 12.9. The van der Waals surface area contributed by atoms with E-state index in [9.17, 15) is 9.90 Å². The van der Waals surface area contributed by atoms with Crippen LogP contribution in [0.4, 0.5) is 0 Å². The molecule has 1 aromatic rings. The van der Waals surface area contributed by atoms with Crippen LogP contribution < -0.4 is 4.74 Å². The predicted molar refractivity (Wildman–Crippen MR) is 66.9 cm³/mol. The highest BCUT2D eigenvalue weighted by molar-refractivity contribution is 5.77. The largest absolute Gasteiger partial charge is 0.496 e. The van der Waals surface area contributed by atoms with E-state index in [0.29, 0.717) is 13.2 Å². The Labute approximate surface area is 107 Å². The second kappa shape index (κ2) is 4.28. The third-order valence-electron chi connectivity index (χ3n) is 4.05. The van der Waals surface area contributed by atoms with Gasteiger partial charge < -0.3 is 14.6 Å². The molecule has 0 aromatic heterocycles. The summed E-state index contributed by atoms with van der Waals surface area (Å²) in [7, 11) is 1.60. The van der Waals surface area contributed by atoms with Crippen molar-refractivity contribution in [1.29, 1.82) is 0 Å². The minimum atomic E-state index is -0.903. The summed E-state index contributed by atoms with van der Waals surface area (Å²) in [6.07, 6.45) is 0. The Balaban J connectivity index is 2.54. The van der Waals surface area contributed by atoms with Gasteiger partial charge in [-0.15, -0.1) is 0 Å². The molecule has 1 aliphatic rings. The highest BCUT2D eigenvalue weighted by Gasteiger charge is 2.57. The lowest BCUT2D eigenvalue weighted by atomic mass is 9.60. The van der Waals surface area contributed by atoms with Gasteiger partial charge in [-0.25, -0.2) is 0 Å². The SMILES string of the molecule is COc1ccccc1C1(C(C)(C)C(=O)O)COC1. The zero-order valence-corrected chi connectivity index (χ0v) is 10.9. The van der Waals surface area contributed by atoms with Crippen molar-refractivity contribution in [2.45, 2.75) is 19.3 Å². The maximum Gasteiger partial charge on any atom is 0.310 e. The number of hydrogen-bond donors (Lipinski definition) is 1. The summed E-state index contributed by atoms with van der Waals surface area (Å²) in [5.74, 6) is -0.105. The highest BCUT2D eigenvalue weighted by atomic mass is 16.5. The van der Waals surface area contributed by atoms with Crippen LogP contribution in [0.1, 0.15) is 19.4 Å². The number of carboxylic acids is 1. The minimum absolute atomic E-state index is 0.409. The molecule has 0 atom stereocenters. The second-order valence-corrected chi connectivity index (χ2v) is 5.21. The fourth-order valence-corrected chi connectivity index (χ4v) is 2.40. The maximum absolute atomic E-state index is 11.5. The Hall–Kier alpha value is -1.55. The van der Waals surface area contributed by atoms with Gasteiger partial charge in [0.25, 0.3) is 0 Å². The van der Waals surface area contributed by atoms with E-state index in [2.05, 4.69) is 0 Å². The molecule has 0 aliphatic carbocycles. The molecule has 0 radical (unpaired) electrons. The van der Waals surface area contributed by atoms with E-state index in [4.69, 9.17) is 9.47 Å². The number of methoxy groups -OCH3 is 1. The van der Waals surface area contributed by atoms with Crippen molar-refractivity contribution >= 4 is 5.97 Å². The molecule has 98 valence electrons. The molecule has 2 rings (SSSR count). The topological polar surface area (TPSA) is 55.8 Å². The molecule has 0 amide bonds. The van der Waals surface area contributed by atoms with Crippen molar-refractivity contribution in [2.24, 2.45) is 5.41 Å². The molecule has 1 aromatic carbocycles. The Kier molecular flexibility index (Phi) is 3.07. The molecule has 0 bridgehead atoms. The lowest BCUT2D eigenvalue weighted by Crippen LogP contribution is -2.59. The Morgan fingerprint density at radius 2 is 2.00 bits per heavy atom. The van der Waals surface area contributed by atoms with Gasteiger partial charge in [0.2, 0.25) is 0 Å². The standard InChI is InChI=1S/C14H18O4/c1-13(2,12(15)16)14(8-18-9-14)10-6-4-5-7-11(10)17-3/h4-7H,8-9H2,1-3H3,(H,15,16). The lowest BCUT2D eigenvalue weighted by Gasteiger charge is -2.50. The van der Waals surface area contributed by atoms with Crippen LogP contribution in [-0.4, -0.2) is 31.4 Å². The zero-order chi connectivity index (χ0) is 13.4. The summed E-state index contributed by atoms with van der Waals surface area (Å²) in [6.45, 7) is 4.30. The summed E-state index contributed by atoms with van der Waals surface area (Å²) in [5.41, 5.74) is -0.517. The van der Waals surface area contributed by atoms with Crippen molar-refractivity contribution in [1.82, 2.24) is 0 Å². The number of benzene rings is 1. The number of aliphatic carboxylic acids is 1. The number of carbonyl (C=O) groups is 1. The van der Waals surface area contributed by atoms with Gasteiger partial charge in [-0.3, -0.25) is 4.79 Å². The van der Waals surface area contributed by atoms with Crippen molar-refractivity contribution < 1.29 is 19.4 Å². The third-order valence-corrected chi connectivity index (χ3v) is 4.05. The third kappa shape index (κ3) is 1.60. The van der Waals surface area contributed by atoms with Crippen LogP contribution in [0.25, 0.3) is 0 Å². The Morgan fingerprint density at radius 1 is 1.39 bits per heavy atom. The summed E-state index contributed by atoms with van der Waals surface area (Å²) in [4.78, 5) is 11.5. The van der Waals surface area contributed by atoms with Gasteiger partial charge in [0.05, 0.1) is 31.2 Å². The monoisotopic (exact) mass is 250 g/mol. The van der Waals surface area contributed by atoms with Crippen LogP contribution in [0, 0.1) is 5.41 Å². The van der Waals surface area contributed by atoms with Crippen molar-refractivity contribution in [3.8, 4) is 5.75 Å². The molecule has 0 unspecified atom stereocenters. The van der Waals surface area contributed by atoms with E-state index >= 15 is 0 Å². The molecule has 0 saturated carbocycles. The smallest absolute Gasteiger partial charge is 0.310 e. The number of rotatable bonds is 4. The molecular formula is C14H18O4. The van der Waals surface area contributed by atoms with Gasteiger partial charge in [0, 0.05) is 5.56 Å². The fourth-order valence-electron chi connectivity index (χ4n) is 2.40. The normalized spacial score (nSPS) is 17.9. The molecule has 1 heterocycles. The Morgan fingerprint density at radius 3 is 2.44 bits per heavy atom. The first-order chi connectivity index (χ1) is 8.45. The average molecular weight is 250 g/mol. The molecule has 4 nitrogen and oxygen atoms in total. The van der Waals surface area contributed by atoms with E-state index < -0.39 is 16.8 Å². The summed E-state index contributed by atoms with van der Waals surface area (Å²) >= 11 is 0. The first-order valence-corrected chi connectivity index (χ1v) is 5.90. The lowest BCUT2D eigenvalue weighted by molar-refractivity contribution is -0.171. The maximum atomic E-state index is 11.5. The van der Waals surface area contributed by atoms with Crippen LogP contribution in [0.3, 0.4) is 0 Å². The van der Waals surface area contributed by atoms with Crippen LogP contribution in [-0.2, 0) is 14.9 Å². The van der Waals surface area contributed by atoms with Crippen LogP contribution in [0.5, 0.6) is 5.75 Å². The van der Waals surface area contributed by atoms with Crippen LogP contribution in [0.2, 0.25) is 0 Å². The van der Waals surface area contributed by atoms with E-state index in [0.717, 1.165) is 11.3 Å². The van der Waals surface area contributed by atoms with Crippen molar-refractivity contribution in [2.75, 3.05) is 20.3 Å². The van der Waals surface area contributed by atoms with Crippen LogP contribution >= 0.6 is 0 Å². The highest BCUT2D eigenvalue weighted by Crippen LogP contribution is 2.50. The molecule has 1 fully saturated rings. The van der Waals surface area contributed by atoms with E-state index in [1.54, 1.807) is 21.0 Å². The Bertz CT molecular complexity index is 461. The molecule has 1 saturated heterocycles. The van der Waals surface area contributed by atoms with E-state index in [-0.39, 0.29) is 0 Å². The van der Waals surface area contributed by atoms with Crippen molar-refractivity contribution in [3.63, 3.8) is 0 Å². The first-order valence-electron chi connectivity index (χ1n) is 5.90. The predicted octanol–water partition coefficient (Wildman–Crippen LogP) is 2.07. The van der Waals surface area contributed by atoms with Gasteiger partial charge in [0.1, 0.15) is 5.75 Å². The van der Waals surface area contributed by atoms with E-state index in [1.807, 2.05) is 24.3 Å². The molecule has 18 heavy (non-hydrogen) atoms. The molecular weight excluding hydrogens is 232 g/mol. The van der Waals surface area contributed by atoms with Crippen molar-refractivity contribution in [3.05, 3.63) is 29.8 Å². The molecule has 1 aliphatic heterocycles. The summed E-state index contributed by atoms with van der Waals surface area (Å²) in [5, 5.41) is 9.47. The molecule has 0 spiro atoms. The van der Waals surface area contributed by atoms with E-state index in [1.165, 1.54) is 0 Å². The fraction of sp³-hybridized carbons (Fsp3) is 0.500. The summed E-state index contributed by atoms with van der Waals surface area (Å²) in [6, 6.07) is 7.55.